The predicted molar refractivity (Wildman–Crippen MR) is 103 cm³/mol. The molecule has 0 aromatic heterocycles. The summed E-state index contributed by atoms with van der Waals surface area (Å²) < 4.78 is 5.46. The molecule has 2 aliphatic carbocycles. The molecule has 1 aliphatic heterocycles. The summed E-state index contributed by atoms with van der Waals surface area (Å²) in [7, 11) is 1.97. The molecule has 0 atom stereocenters. The molecule has 0 N–H and O–H groups in total. The van der Waals surface area contributed by atoms with Gasteiger partial charge in [-0.05, 0) is 55.4 Å². The Morgan fingerprint density at radius 2 is 1.81 bits per heavy atom. The van der Waals surface area contributed by atoms with Gasteiger partial charge in [-0.25, -0.2) is 4.79 Å². The van der Waals surface area contributed by atoms with Gasteiger partial charge in [0.05, 0.1) is 0 Å². The van der Waals surface area contributed by atoms with Gasteiger partial charge in [0.1, 0.15) is 6.61 Å². The third kappa shape index (κ3) is 4.28. The number of likely N-dealkylation sites (tertiary alicyclic amines) is 1. The number of hydrogen-bond donors (Lipinski definition) is 0. The average molecular weight is 370 g/mol. The lowest BCUT2D eigenvalue weighted by atomic mass is 9.60. The first kappa shape index (κ1) is 18.3. The number of ether oxygens (including phenoxy) is 1. The van der Waals surface area contributed by atoms with Crippen molar-refractivity contribution in [3.8, 4) is 0 Å². The van der Waals surface area contributed by atoms with E-state index < -0.39 is 0 Å². The van der Waals surface area contributed by atoms with Crippen LogP contribution in [0.5, 0.6) is 0 Å². The summed E-state index contributed by atoms with van der Waals surface area (Å²) in [6.07, 6.45) is 7.21. The topological polar surface area (TPSA) is 49.9 Å². The van der Waals surface area contributed by atoms with E-state index in [1.807, 2.05) is 47.2 Å². The fraction of sp³-hybridized carbons (Fsp3) is 0.636. The summed E-state index contributed by atoms with van der Waals surface area (Å²) in [4.78, 5) is 28.4. The molecule has 1 aromatic rings. The van der Waals surface area contributed by atoms with Gasteiger partial charge in [-0.2, -0.15) is 0 Å². The van der Waals surface area contributed by atoms with Gasteiger partial charge in [-0.1, -0.05) is 30.3 Å². The van der Waals surface area contributed by atoms with Crippen LogP contribution in [0.1, 0.15) is 50.5 Å². The molecule has 1 heterocycles. The van der Waals surface area contributed by atoms with E-state index in [0.29, 0.717) is 29.9 Å². The van der Waals surface area contributed by atoms with Crippen LogP contribution in [0.4, 0.5) is 4.79 Å². The Labute approximate surface area is 161 Å². The zero-order chi connectivity index (χ0) is 18.9. The maximum atomic E-state index is 12.3. The first-order chi connectivity index (χ1) is 13.0. The van der Waals surface area contributed by atoms with Crippen molar-refractivity contribution < 1.29 is 14.3 Å². The molecule has 3 fully saturated rings. The second kappa shape index (κ2) is 7.53. The number of amides is 2. The predicted octanol–water partition coefficient (Wildman–Crippen LogP) is 3.83. The molecule has 0 unspecified atom stereocenters. The number of piperidine rings is 1. The van der Waals surface area contributed by atoms with Gasteiger partial charge in [-0.3, -0.25) is 4.79 Å². The molecule has 2 saturated carbocycles. The molecule has 5 heteroatoms. The summed E-state index contributed by atoms with van der Waals surface area (Å²) in [6, 6.07) is 10.2. The Kier molecular flexibility index (Phi) is 5.11. The van der Waals surface area contributed by atoms with Gasteiger partial charge in [0.2, 0.25) is 5.91 Å². The highest BCUT2D eigenvalue weighted by Crippen LogP contribution is 2.51. The number of hydrogen-bond acceptors (Lipinski definition) is 3. The summed E-state index contributed by atoms with van der Waals surface area (Å²) in [5.74, 6) is 0.971. The highest BCUT2D eigenvalue weighted by Gasteiger charge is 2.48. The average Bonchev–Trinajstić information content (AvgIpc) is 3.48. The van der Waals surface area contributed by atoms with Crippen molar-refractivity contribution in [3.63, 3.8) is 0 Å². The highest BCUT2D eigenvalue weighted by molar-refractivity contribution is 5.77. The van der Waals surface area contributed by atoms with Crippen molar-refractivity contribution in [3.05, 3.63) is 35.9 Å². The summed E-state index contributed by atoms with van der Waals surface area (Å²) in [5.41, 5.74) is 1.34. The minimum atomic E-state index is -0.207. The zero-order valence-corrected chi connectivity index (χ0v) is 16.2. The zero-order valence-electron chi connectivity index (χ0n) is 16.2. The van der Waals surface area contributed by atoms with E-state index in [9.17, 15) is 9.59 Å². The molecule has 0 bridgehead atoms. The van der Waals surface area contributed by atoms with Gasteiger partial charge in [0.15, 0.2) is 0 Å². The Bertz CT molecular complexity index is 670. The van der Waals surface area contributed by atoms with E-state index in [0.717, 1.165) is 50.8 Å². The van der Waals surface area contributed by atoms with E-state index in [1.165, 1.54) is 12.8 Å². The molecule has 1 spiro atoms. The normalized spacial score (nSPS) is 21.6. The van der Waals surface area contributed by atoms with Crippen LogP contribution in [0.3, 0.4) is 0 Å². The Hall–Kier alpha value is -2.04. The van der Waals surface area contributed by atoms with Crippen LogP contribution in [0, 0.1) is 11.3 Å². The fourth-order valence-electron chi connectivity index (χ4n) is 4.51. The number of carbonyl (C=O) groups is 2. The quantitative estimate of drug-likeness (QED) is 0.792. The van der Waals surface area contributed by atoms with E-state index in [2.05, 4.69) is 0 Å². The fourth-order valence-corrected chi connectivity index (χ4v) is 4.51. The Morgan fingerprint density at radius 3 is 2.44 bits per heavy atom. The molecule has 4 rings (SSSR count). The number of carbonyl (C=O) groups excluding carboxylic acids is 2. The monoisotopic (exact) mass is 370 g/mol. The lowest BCUT2D eigenvalue weighted by Crippen LogP contribution is -2.56. The largest absolute Gasteiger partial charge is 0.445 e. The summed E-state index contributed by atoms with van der Waals surface area (Å²) in [5, 5.41) is 0. The van der Waals surface area contributed by atoms with Crippen LogP contribution >= 0.6 is 0 Å². The molecule has 5 nitrogen and oxygen atoms in total. The van der Waals surface area contributed by atoms with Crippen LogP contribution < -0.4 is 0 Å². The number of rotatable bonds is 5. The summed E-state index contributed by atoms with van der Waals surface area (Å²) >= 11 is 0. The molecular formula is C22H30N2O3. The maximum Gasteiger partial charge on any atom is 0.410 e. The number of nitrogens with zero attached hydrogens (tertiary/aromatic N) is 2. The van der Waals surface area contributed by atoms with Crippen molar-refractivity contribution in [2.75, 3.05) is 20.1 Å². The molecule has 1 saturated heterocycles. The van der Waals surface area contributed by atoms with Crippen LogP contribution in [-0.4, -0.2) is 48.0 Å². The maximum absolute atomic E-state index is 12.3. The Morgan fingerprint density at radius 1 is 1.15 bits per heavy atom. The first-order valence-corrected chi connectivity index (χ1v) is 10.3. The summed E-state index contributed by atoms with van der Waals surface area (Å²) in [6.45, 7) is 1.86. The van der Waals surface area contributed by atoms with Crippen molar-refractivity contribution in [2.45, 2.75) is 57.6 Å². The van der Waals surface area contributed by atoms with Crippen LogP contribution in [-0.2, 0) is 16.1 Å². The van der Waals surface area contributed by atoms with E-state index >= 15 is 0 Å². The Balaban J connectivity index is 1.19. The van der Waals surface area contributed by atoms with E-state index in [4.69, 9.17) is 4.74 Å². The van der Waals surface area contributed by atoms with Crippen molar-refractivity contribution in [1.29, 1.82) is 0 Å². The van der Waals surface area contributed by atoms with E-state index in [-0.39, 0.29) is 6.09 Å². The molecular weight excluding hydrogens is 340 g/mol. The second-order valence-corrected chi connectivity index (χ2v) is 8.74. The molecule has 1 aromatic carbocycles. The standard InChI is InChI=1S/C22H30N2O3/c1-23(20(25)13-17-7-8-17)19-14-22(15-19)9-11-24(12-10-22)21(26)27-16-18-5-3-2-4-6-18/h2-6,17,19H,7-16H2,1H3. The van der Waals surface area contributed by atoms with E-state index in [1.54, 1.807) is 0 Å². The SMILES string of the molecule is CN(C(=O)CC1CC1)C1CC2(CCN(C(=O)OCc3ccccc3)CC2)C1. The third-order valence-electron chi connectivity index (χ3n) is 6.73. The first-order valence-electron chi connectivity index (χ1n) is 10.3. The molecule has 0 radical (unpaired) electrons. The van der Waals surface area contributed by atoms with Gasteiger partial charge in [0.25, 0.3) is 0 Å². The molecule has 2 amide bonds. The molecule has 27 heavy (non-hydrogen) atoms. The van der Waals surface area contributed by atoms with Gasteiger partial charge < -0.3 is 14.5 Å². The van der Waals surface area contributed by atoms with Crippen LogP contribution in [0.25, 0.3) is 0 Å². The van der Waals surface area contributed by atoms with Gasteiger partial charge >= 0.3 is 6.09 Å². The number of benzene rings is 1. The van der Waals surface area contributed by atoms with Crippen molar-refractivity contribution in [2.24, 2.45) is 11.3 Å². The minimum Gasteiger partial charge on any atom is -0.445 e. The van der Waals surface area contributed by atoms with Crippen molar-refractivity contribution in [1.82, 2.24) is 9.80 Å². The molecule has 146 valence electrons. The van der Waals surface area contributed by atoms with Crippen LogP contribution in [0.15, 0.2) is 30.3 Å². The third-order valence-corrected chi connectivity index (χ3v) is 6.73. The van der Waals surface area contributed by atoms with Crippen LogP contribution in [0.2, 0.25) is 0 Å². The minimum absolute atomic E-state index is 0.207. The highest BCUT2D eigenvalue weighted by atomic mass is 16.6. The van der Waals surface area contributed by atoms with Gasteiger partial charge in [0, 0.05) is 32.6 Å². The lowest BCUT2D eigenvalue weighted by Gasteiger charge is -2.54. The van der Waals surface area contributed by atoms with Gasteiger partial charge in [-0.15, -0.1) is 0 Å². The smallest absolute Gasteiger partial charge is 0.410 e. The second-order valence-electron chi connectivity index (χ2n) is 8.74. The van der Waals surface area contributed by atoms with Crippen molar-refractivity contribution >= 4 is 12.0 Å². The molecule has 3 aliphatic rings. The lowest BCUT2D eigenvalue weighted by molar-refractivity contribution is -0.138.